The Morgan fingerprint density at radius 1 is 1.12 bits per heavy atom. The number of amides is 2. The van der Waals surface area contributed by atoms with Crippen LogP contribution in [0.5, 0.6) is 0 Å². The van der Waals surface area contributed by atoms with Crippen molar-refractivity contribution in [3.8, 4) is 5.82 Å². The minimum absolute atomic E-state index is 0.149. The summed E-state index contributed by atoms with van der Waals surface area (Å²) in [6.07, 6.45) is 6.85. The van der Waals surface area contributed by atoms with Crippen molar-refractivity contribution in [2.24, 2.45) is 0 Å². The normalized spacial score (nSPS) is 10.3. The smallest absolute Gasteiger partial charge is 0.251 e. The zero-order chi connectivity index (χ0) is 17.6. The molecule has 7 nitrogen and oxygen atoms in total. The molecule has 0 atom stereocenters. The van der Waals surface area contributed by atoms with Crippen molar-refractivity contribution >= 4 is 17.5 Å². The zero-order valence-electron chi connectivity index (χ0n) is 13.6. The van der Waals surface area contributed by atoms with Crippen LogP contribution >= 0.6 is 0 Å². The predicted molar refractivity (Wildman–Crippen MR) is 93.3 cm³/mol. The second-order valence-corrected chi connectivity index (χ2v) is 5.43. The van der Waals surface area contributed by atoms with E-state index < -0.39 is 0 Å². The van der Waals surface area contributed by atoms with Crippen molar-refractivity contribution in [3.05, 3.63) is 72.4 Å². The van der Waals surface area contributed by atoms with Crippen LogP contribution in [-0.4, -0.2) is 26.3 Å². The van der Waals surface area contributed by atoms with Gasteiger partial charge in [0.2, 0.25) is 5.91 Å². The number of carbonyl (C=O) groups is 2. The maximum atomic E-state index is 12.2. The van der Waals surface area contributed by atoms with Crippen molar-refractivity contribution in [2.45, 2.75) is 13.5 Å². The number of imidazole rings is 1. The zero-order valence-corrected chi connectivity index (χ0v) is 13.6. The lowest BCUT2D eigenvalue weighted by atomic mass is 10.2. The Labute approximate surface area is 144 Å². The molecule has 2 heterocycles. The van der Waals surface area contributed by atoms with Crippen LogP contribution in [0.1, 0.15) is 22.8 Å². The first-order valence-electron chi connectivity index (χ1n) is 7.71. The molecule has 0 unspecified atom stereocenters. The first-order chi connectivity index (χ1) is 12.1. The van der Waals surface area contributed by atoms with E-state index in [9.17, 15) is 9.59 Å². The third kappa shape index (κ3) is 4.29. The Kier molecular flexibility index (Phi) is 4.84. The highest BCUT2D eigenvalue weighted by atomic mass is 16.2. The van der Waals surface area contributed by atoms with Gasteiger partial charge in [0, 0.05) is 43.3 Å². The number of nitrogens with one attached hydrogen (secondary N) is 2. The highest BCUT2D eigenvalue weighted by Crippen LogP contribution is 2.10. The van der Waals surface area contributed by atoms with E-state index in [1.54, 1.807) is 53.8 Å². The minimum Gasteiger partial charge on any atom is -0.348 e. The molecule has 0 bridgehead atoms. The number of carbonyl (C=O) groups excluding carboxylic acids is 2. The summed E-state index contributed by atoms with van der Waals surface area (Å²) in [5.74, 6) is 0.405. The maximum absolute atomic E-state index is 12.2. The Balaban J connectivity index is 1.62. The standard InChI is InChI=1S/C18H17N5O2/c1-13(24)22-16-4-2-15(3-5-16)18(25)21-11-14-6-7-20-17(10-14)23-9-8-19-12-23/h2-10,12H,11H2,1H3,(H,21,25)(H,22,24). The molecule has 2 amide bonds. The average Bonchev–Trinajstić information content (AvgIpc) is 3.15. The van der Waals surface area contributed by atoms with E-state index in [4.69, 9.17) is 0 Å². The van der Waals surface area contributed by atoms with Gasteiger partial charge in [0.15, 0.2) is 0 Å². The third-order valence-corrected chi connectivity index (χ3v) is 3.50. The van der Waals surface area contributed by atoms with Crippen LogP contribution in [0.15, 0.2) is 61.3 Å². The molecule has 7 heteroatoms. The third-order valence-electron chi connectivity index (χ3n) is 3.50. The Hall–Kier alpha value is -3.48. The van der Waals surface area contributed by atoms with Gasteiger partial charge in [-0.05, 0) is 42.0 Å². The largest absolute Gasteiger partial charge is 0.348 e. The Morgan fingerprint density at radius 2 is 1.92 bits per heavy atom. The van der Waals surface area contributed by atoms with Crippen LogP contribution in [0.25, 0.3) is 5.82 Å². The molecule has 0 aliphatic heterocycles. The Morgan fingerprint density at radius 3 is 2.60 bits per heavy atom. The van der Waals surface area contributed by atoms with E-state index in [0.29, 0.717) is 17.8 Å². The van der Waals surface area contributed by atoms with Gasteiger partial charge in [-0.3, -0.25) is 14.2 Å². The number of hydrogen-bond acceptors (Lipinski definition) is 4. The number of anilines is 1. The lowest BCUT2D eigenvalue weighted by molar-refractivity contribution is -0.114. The summed E-state index contributed by atoms with van der Waals surface area (Å²) in [5, 5.41) is 5.53. The molecule has 3 rings (SSSR count). The Bertz CT molecular complexity index is 873. The van der Waals surface area contributed by atoms with Crippen molar-refractivity contribution in [2.75, 3.05) is 5.32 Å². The van der Waals surface area contributed by atoms with Crippen LogP contribution in [0.2, 0.25) is 0 Å². The highest BCUT2D eigenvalue weighted by Gasteiger charge is 2.06. The monoisotopic (exact) mass is 335 g/mol. The quantitative estimate of drug-likeness (QED) is 0.748. The summed E-state index contributed by atoms with van der Waals surface area (Å²) in [5.41, 5.74) is 2.11. The second kappa shape index (κ2) is 7.39. The molecule has 0 radical (unpaired) electrons. The number of hydrogen-bond donors (Lipinski definition) is 2. The van der Waals surface area contributed by atoms with Gasteiger partial charge in [-0.1, -0.05) is 0 Å². The summed E-state index contributed by atoms with van der Waals surface area (Å²) in [4.78, 5) is 31.5. The van der Waals surface area contributed by atoms with Crippen LogP contribution in [0.4, 0.5) is 5.69 Å². The van der Waals surface area contributed by atoms with Gasteiger partial charge < -0.3 is 10.6 Å². The molecule has 1 aromatic carbocycles. The van der Waals surface area contributed by atoms with E-state index in [0.717, 1.165) is 11.4 Å². The molecule has 0 fully saturated rings. The van der Waals surface area contributed by atoms with Gasteiger partial charge in [-0.2, -0.15) is 0 Å². The average molecular weight is 335 g/mol. The molecular formula is C18H17N5O2. The summed E-state index contributed by atoms with van der Waals surface area (Å²) in [7, 11) is 0. The molecule has 0 aliphatic carbocycles. The second-order valence-electron chi connectivity index (χ2n) is 5.43. The van der Waals surface area contributed by atoms with Gasteiger partial charge in [0.05, 0.1) is 0 Å². The summed E-state index contributed by atoms with van der Waals surface area (Å²) >= 11 is 0. The number of benzene rings is 1. The fourth-order valence-electron chi connectivity index (χ4n) is 2.30. The van der Waals surface area contributed by atoms with Crippen LogP contribution in [0.3, 0.4) is 0 Å². The molecule has 0 saturated carbocycles. The minimum atomic E-state index is -0.185. The summed E-state index contributed by atoms with van der Waals surface area (Å²) < 4.78 is 1.80. The van der Waals surface area contributed by atoms with Gasteiger partial charge in [-0.15, -0.1) is 0 Å². The SMILES string of the molecule is CC(=O)Nc1ccc(C(=O)NCc2ccnc(-n3ccnc3)c2)cc1. The topological polar surface area (TPSA) is 88.9 Å². The van der Waals surface area contributed by atoms with E-state index >= 15 is 0 Å². The summed E-state index contributed by atoms with van der Waals surface area (Å²) in [6, 6.07) is 10.5. The maximum Gasteiger partial charge on any atom is 0.251 e. The lowest BCUT2D eigenvalue weighted by Crippen LogP contribution is -2.22. The van der Waals surface area contributed by atoms with Crippen molar-refractivity contribution in [1.29, 1.82) is 0 Å². The van der Waals surface area contributed by atoms with Gasteiger partial charge >= 0.3 is 0 Å². The van der Waals surface area contributed by atoms with Crippen molar-refractivity contribution < 1.29 is 9.59 Å². The summed E-state index contributed by atoms with van der Waals surface area (Å²) in [6.45, 7) is 1.82. The molecular weight excluding hydrogens is 318 g/mol. The van der Waals surface area contributed by atoms with Gasteiger partial charge in [0.1, 0.15) is 12.1 Å². The van der Waals surface area contributed by atoms with Crippen molar-refractivity contribution in [3.63, 3.8) is 0 Å². The van der Waals surface area contributed by atoms with Gasteiger partial charge in [0.25, 0.3) is 5.91 Å². The predicted octanol–water partition coefficient (Wildman–Crippen LogP) is 2.16. The fourth-order valence-corrected chi connectivity index (χ4v) is 2.30. The molecule has 3 aromatic rings. The highest BCUT2D eigenvalue weighted by molar-refractivity contribution is 5.95. The van der Waals surface area contributed by atoms with Gasteiger partial charge in [-0.25, -0.2) is 9.97 Å². The molecule has 2 aromatic heterocycles. The van der Waals surface area contributed by atoms with E-state index in [-0.39, 0.29) is 11.8 Å². The molecule has 0 spiro atoms. The van der Waals surface area contributed by atoms with Crippen molar-refractivity contribution in [1.82, 2.24) is 19.9 Å². The van der Waals surface area contributed by atoms with E-state index in [1.807, 2.05) is 12.1 Å². The lowest BCUT2D eigenvalue weighted by Gasteiger charge is -2.08. The first kappa shape index (κ1) is 16.4. The van der Waals surface area contributed by atoms with E-state index in [1.165, 1.54) is 6.92 Å². The fraction of sp³-hybridized carbons (Fsp3) is 0.111. The molecule has 0 aliphatic rings. The number of nitrogens with zero attached hydrogens (tertiary/aromatic N) is 3. The molecule has 126 valence electrons. The molecule has 25 heavy (non-hydrogen) atoms. The molecule has 2 N–H and O–H groups in total. The first-order valence-corrected chi connectivity index (χ1v) is 7.71. The number of aromatic nitrogens is 3. The van der Waals surface area contributed by atoms with Crippen LogP contribution < -0.4 is 10.6 Å². The molecule has 0 saturated heterocycles. The van der Waals surface area contributed by atoms with Crippen LogP contribution in [-0.2, 0) is 11.3 Å². The van der Waals surface area contributed by atoms with Crippen LogP contribution in [0, 0.1) is 0 Å². The van der Waals surface area contributed by atoms with E-state index in [2.05, 4.69) is 20.6 Å². The number of pyridine rings is 1. The number of rotatable bonds is 5.